The first-order valence-electron chi connectivity index (χ1n) is 7.31. The van der Waals surface area contributed by atoms with E-state index >= 15 is 0 Å². The number of rotatable bonds is 5. The molecule has 0 spiro atoms. The summed E-state index contributed by atoms with van der Waals surface area (Å²) in [6.07, 6.45) is 0.899. The Morgan fingerprint density at radius 1 is 1.00 bits per heavy atom. The maximum absolute atomic E-state index is 5.79. The summed E-state index contributed by atoms with van der Waals surface area (Å²) in [5.74, 6) is 5.79. The highest BCUT2D eigenvalue weighted by molar-refractivity contribution is 5.47. The van der Waals surface area contributed by atoms with E-state index in [4.69, 9.17) is 5.84 Å². The van der Waals surface area contributed by atoms with Gasteiger partial charge in [0.15, 0.2) is 0 Å². The number of aryl methyl sites for hydroxylation is 2. The van der Waals surface area contributed by atoms with Crippen molar-refractivity contribution < 1.29 is 0 Å². The van der Waals surface area contributed by atoms with Crippen LogP contribution < -0.4 is 16.2 Å². The molecule has 112 valence electrons. The lowest BCUT2D eigenvalue weighted by Gasteiger charge is -2.20. The van der Waals surface area contributed by atoms with Crippen LogP contribution in [0.5, 0.6) is 0 Å². The van der Waals surface area contributed by atoms with Crippen LogP contribution in [-0.4, -0.2) is 14.1 Å². The van der Waals surface area contributed by atoms with Gasteiger partial charge in [0.25, 0.3) is 0 Å². The molecular weight excluding hydrogens is 258 g/mol. The van der Waals surface area contributed by atoms with Crippen LogP contribution in [0.25, 0.3) is 0 Å². The van der Waals surface area contributed by atoms with Crippen molar-refractivity contribution in [3.63, 3.8) is 0 Å². The fourth-order valence-electron chi connectivity index (χ4n) is 2.65. The van der Waals surface area contributed by atoms with E-state index in [0.717, 1.165) is 6.42 Å². The summed E-state index contributed by atoms with van der Waals surface area (Å²) >= 11 is 0. The molecule has 0 saturated heterocycles. The zero-order valence-corrected chi connectivity index (χ0v) is 13.4. The van der Waals surface area contributed by atoms with Gasteiger partial charge in [0, 0.05) is 19.8 Å². The van der Waals surface area contributed by atoms with E-state index in [1.165, 1.54) is 27.9 Å². The molecular formula is C18H25N3. The Morgan fingerprint density at radius 3 is 2.05 bits per heavy atom. The number of hydrogen-bond acceptors (Lipinski definition) is 3. The number of nitrogens with zero attached hydrogens (tertiary/aromatic N) is 1. The second kappa shape index (κ2) is 6.74. The SMILES string of the molecule is Cc1cccc(C)c1CC(NN)c1ccc(N(C)C)cc1. The van der Waals surface area contributed by atoms with Crippen LogP contribution in [-0.2, 0) is 6.42 Å². The van der Waals surface area contributed by atoms with E-state index in [1.54, 1.807) is 0 Å². The second-order valence-corrected chi connectivity index (χ2v) is 5.78. The topological polar surface area (TPSA) is 41.3 Å². The molecule has 21 heavy (non-hydrogen) atoms. The van der Waals surface area contributed by atoms with Crippen molar-refractivity contribution in [1.29, 1.82) is 0 Å². The first-order chi connectivity index (χ1) is 10.0. The number of anilines is 1. The monoisotopic (exact) mass is 283 g/mol. The van der Waals surface area contributed by atoms with E-state index in [-0.39, 0.29) is 6.04 Å². The maximum atomic E-state index is 5.79. The molecule has 0 aliphatic carbocycles. The Balaban J connectivity index is 2.24. The molecule has 0 amide bonds. The summed E-state index contributed by atoms with van der Waals surface area (Å²) in [5.41, 5.74) is 9.38. The molecule has 2 aromatic carbocycles. The molecule has 1 atom stereocenters. The third-order valence-corrected chi connectivity index (χ3v) is 4.07. The van der Waals surface area contributed by atoms with Gasteiger partial charge in [-0.15, -0.1) is 0 Å². The molecule has 3 nitrogen and oxygen atoms in total. The van der Waals surface area contributed by atoms with E-state index in [2.05, 4.69) is 66.6 Å². The normalized spacial score (nSPS) is 12.2. The van der Waals surface area contributed by atoms with Gasteiger partial charge >= 0.3 is 0 Å². The molecule has 0 bridgehead atoms. The molecule has 0 heterocycles. The van der Waals surface area contributed by atoms with E-state index in [1.807, 2.05) is 14.1 Å². The predicted molar refractivity (Wildman–Crippen MR) is 90.5 cm³/mol. The van der Waals surface area contributed by atoms with Crippen LogP contribution in [0.4, 0.5) is 5.69 Å². The lowest BCUT2D eigenvalue weighted by atomic mass is 9.93. The van der Waals surface area contributed by atoms with Crippen LogP contribution in [0, 0.1) is 13.8 Å². The van der Waals surface area contributed by atoms with Gasteiger partial charge in [0.2, 0.25) is 0 Å². The van der Waals surface area contributed by atoms with Crippen LogP contribution in [0.3, 0.4) is 0 Å². The molecule has 1 unspecified atom stereocenters. The van der Waals surface area contributed by atoms with Crippen LogP contribution in [0.1, 0.15) is 28.3 Å². The summed E-state index contributed by atoms with van der Waals surface area (Å²) in [6, 6.07) is 15.1. The minimum atomic E-state index is 0.126. The predicted octanol–water partition coefficient (Wildman–Crippen LogP) is 3.12. The van der Waals surface area contributed by atoms with Gasteiger partial charge in [-0.3, -0.25) is 11.3 Å². The third-order valence-electron chi connectivity index (χ3n) is 4.07. The zero-order valence-electron chi connectivity index (χ0n) is 13.4. The lowest BCUT2D eigenvalue weighted by molar-refractivity contribution is 0.550. The average molecular weight is 283 g/mol. The van der Waals surface area contributed by atoms with Gasteiger partial charge in [0.05, 0.1) is 6.04 Å². The Bertz CT molecular complexity index is 568. The molecule has 0 saturated carbocycles. The van der Waals surface area contributed by atoms with Crippen molar-refractivity contribution >= 4 is 5.69 Å². The number of hydrazine groups is 1. The van der Waals surface area contributed by atoms with Crippen molar-refractivity contribution in [3.05, 3.63) is 64.7 Å². The Labute approximate surface area is 127 Å². The minimum absolute atomic E-state index is 0.126. The first-order valence-corrected chi connectivity index (χ1v) is 7.31. The molecule has 0 aliphatic heterocycles. The molecule has 0 radical (unpaired) electrons. The highest BCUT2D eigenvalue weighted by Crippen LogP contribution is 2.24. The fourth-order valence-corrected chi connectivity index (χ4v) is 2.65. The first kappa shape index (κ1) is 15.5. The fraction of sp³-hybridized carbons (Fsp3) is 0.333. The molecule has 2 aromatic rings. The van der Waals surface area contributed by atoms with Crippen molar-refractivity contribution in [2.45, 2.75) is 26.3 Å². The molecule has 3 heteroatoms. The van der Waals surface area contributed by atoms with Gasteiger partial charge in [-0.2, -0.15) is 0 Å². The van der Waals surface area contributed by atoms with E-state index < -0.39 is 0 Å². The van der Waals surface area contributed by atoms with Gasteiger partial charge in [0.1, 0.15) is 0 Å². The zero-order chi connectivity index (χ0) is 15.4. The smallest absolute Gasteiger partial charge is 0.0500 e. The third kappa shape index (κ3) is 3.63. The van der Waals surface area contributed by atoms with E-state index in [9.17, 15) is 0 Å². The van der Waals surface area contributed by atoms with Gasteiger partial charge < -0.3 is 4.90 Å². The molecule has 0 aromatic heterocycles. The van der Waals surface area contributed by atoms with Crippen molar-refractivity contribution in [1.82, 2.24) is 5.43 Å². The highest BCUT2D eigenvalue weighted by Gasteiger charge is 2.13. The van der Waals surface area contributed by atoms with Gasteiger partial charge in [-0.05, 0) is 54.7 Å². The quantitative estimate of drug-likeness (QED) is 0.654. The summed E-state index contributed by atoms with van der Waals surface area (Å²) in [6.45, 7) is 4.32. The Kier molecular flexibility index (Phi) is 4.99. The second-order valence-electron chi connectivity index (χ2n) is 5.78. The van der Waals surface area contributed by atoms with Crippen molar-refractivity contribution in [2.75, 3.05) is 19.0 Å². The molecule has 0 aliphatic rings. The Morgan fingerprint density at radius 2 is 1.57 bits per heavy atom. The van der Waals surface area contributed by atoms with Gasteiger partial charge in [-0.1, -0.05) is 30.3 Å². The summed E-state index contributed by atoms with van der Waals surface area (Å²) in [5, 5.41) is 0. The standard InChI is InChI=1S/C18H25N3/c1-13-6-5-7-14(2)17(13)12-18(20-19)15-8-10-16(11-9-15)21(3)4/h5-11,18,20H,12,19H2,1-4H3. The lowest BCUT2D eigenvalue weighted by Crippen LogP contribution is -2.30. The highest BCUT2D eigenvalue weighted by atomic mass is 15.2. The average Bonchev–Trinajstić information content (AvgIpc) is 2.47. The summed E-state index contributed by atoms with van der Waals surface area (Å²) < 4.78 is 0. The Hall–Kier alpha value is -1.84. The van der Waals surface area contributed by atoms with Crippen LogP contribution >= 0.6 is 0 Å². The maximum Gasteiger partial charge on any atom is 0.0500 e. The number of nitrogens with one attached hydrogen (secondary N) is 1. The molecule has 2 rings (SSSR count). The number of nitrogens with two attached hydrogens (primary N) is 1. The van der Waals surface area contributed by atoms with Crippen molar-refractivity contribution in [3.8, 4) is 0 Å². The number of hydrogen-bond donors (Lipinski definition) is 2. The molecule has 0 fully saturated rings. The largest absolute Gasteiger partial charge is 0.378 e. The summed E-state index contributed by atoms with van der Waals surface area (Å²) in [4.78, 5) is 2.10. The number of benzene rings is 2. The van der Waals surface area contributed by atoms with Crippen LogP contribution in [0.15, 0.2) is 42.5 Å². The van der Waals surface area contributed by atoms with Crippen molar-refractivity contribution in [2.24, 2.45) is 5.84 Å². The van der Waals surface area contributed by atoms with Gasteiger partial charge in [-0.25, -0.2) is 0 Å². The molecule has 3 N–H and O–H groups in total. The minimum Gasteiger partial charge on any atom is -0.378 e. The summed E-state index contributed by atoms with van der Waals surface area (Å²) in [7, 11) is 4.09. The van der Waals surface area contributed by atoms with Crippen LogP contribution in [0.2, 0.25) is 0 Å². The van der Waals surface area contributed by atoms with E-state index in [0.29, 0.717) is 0 Å².